The van der Waals surface area contributed by atoms with Crippen LogP contribution < -0.4 is 14.9 Å². The van der Waals surface area contributed by atoms with Crippen molar-refractivity contribution in [2.45, 2.75) is 25.4 Å². The van der Waals surface area contributed by atoms with Gasteiger partial charge in [-0.05, 0) is 71.6 Å². The van der Waals surface area contributed by atoms with Gasteiger partial charge < -0.3 is 14.4 Å². The zero-order valence-corrected chi connectivity index (χ0v) is 24.6. The van der Waals surface area contributed by atoms with Crippen LogP contribution in [0, 0.1) is 0 Å². The quantitative estimate of drug-likeness (QED) is 0.151. The summed E-state index contributed by atoms with van der Waals surface area (Å²) in [7, 11) is 0. The van der Waals surface area contributed by atoms with Crippen molar-refractivity contribution in [1.82, 2.24) is 10.3 Å². The summed E-state index contributed by atoms with van der Waals surface area (Å²) in [5.74, 6) is 1.39. The number of hydrogen-bond acceptors (Lipinski definition) is 6. The SMILES string of the molecule is CCOc1cc(/C=N\NC(=O)c2ccc([C@H]3SCC(=O)N3Cc3ccccc3)cc2)ccc1OCc1cccc(Cl)c1. The number of carbonyl (C=O) groups excluding carboxylic acids is 2. The van der Waals surface area contributed by atoms with Gasteiger partial charge in [-0.15, -0.1) is 11.8 Å². The van der Waals surface area contributed by atoms with Crippen molar-refractivity contribution in [1.29, 1.82) is 0 Å². The number of halogens is 1. The van der Waals surface area contributed by atoms with Crippen molar-refractivity contribution >= 4 is 41.4 Å². The van der Waals surface area contributed by atoms with Gasteiger partial charge in [0.15, 0.2) is 11.5 Å². The Bertz CT molecular complexity index is 1560. The summed E-state index contributed by atoms with van der Waals surface area (Å²) >= 11 is 7.66. The van der Waals surface area contributed by atoms with Crippen LogP contribution in [0.4, 0.5) is 0 Å². The van der Waals surface area contributed by atoms with E-state index >= 15 is 0 Å². The maximum Gasteiger partial charge on any atom is 0.271 e. The number of carbonyl (C=O) groups is 2. The third-order valence-electron chi connectivity index (χ3n) is 6.55. The summed E-state index contributed by atoms with van der Waals surface area (Å²) in [6, 6.07) is 30.2. The molecule has 1 aliphatic rings. The molecule has 0 saturated carbocycles. The average molecular weight is 600 g/mol. The topological polar surface area (TPSA) is 80.2 Å². The van der Waals surface area contributed by atoms with Crippen molar-refractivity contribution < 1.29 is 19.1 Å². The van der Waals surface area contributed by atoms with E-state index in [9.17, 15) is 9.59 Å². The van der Waals surface area contributed by atoms with E-state index in [1.165, 1.54) is 0 Å². The van der Waals surface area contributed by atoms with E-state index in [2.05, 4.69) is 10.5 Å². The second kappa shape index (κ2) is 14.1. The molecular weight excluding hydrogens is 570 g/mol. The lowest BCUT2D eigenvalue weighted by atomic mass is 10.1. The normalized spacial score (nSPS) is 14.8. The van der Waals surface area contributed by atoms with Crippen LogP contribution in [0.2, 0.25) is 5.02 Å². The first kappa shape index (κ1) is 29.2. The third-order valence-corrected chi connectivity index (χ3v) is 8.04. The molecule has 5 rings (SSSR count). The van der Waals surface area contributed by atoms with Gasteiger partial charge in [-0.25, -0.2) is 5.43 Å². The Hall–Kier alpha value is -4.27. The number of ether oxygens (including phenoxy) is 2. The fourth-order valence-electron chi connectivity index (χ4n) is 4.49. The van der Waals surface area contributed by atoms with E-state index in [0.29, 0.717) is 47.6 Å². The highest BCUT2D eigenvalue weighted by atomic mass is 35.5. The Labute approximate surface area is 254 Å². The Balaban J connectivity index is 1.19. The van der Waals surface area contributed by atoms with Crippen LogP contribution in [0.15, 0.2) is 102 Å². The van der Waals surface area contributed by atoms with Crippen molar-refractivity contribution in [2.75, 3.05) is 12.4 Å². The Morgan fingerprint density at radius 1 is 0.976 bits per heavy atom. The van der Waals surface area contributed by atoms with Gasteiger partial charge in [-0.2, -0.15) is 5.10 Å². The minimum absolute atomic E-state index is 0.0928. The molecule has 9 heteroatoms. The smallest absolute Gasteiger partial charge is 0.271 e. The molecule has 1 aliphatic heterocycles. The van der Waals surface area contributed by atoms with Gasteiger partial charge in [0.05, 0.1) is 18.6 Å². The summed E-state index contributed by atoms with van der Waals surface area (Å²) in [4.78, 5) is 27.2. The number of thioether (sulfide) groups is 1. The minimum Gasteiger partial charge on any atom is -0.490 e. The molecule has 4 aromatic carbocycles. The van der Waals surface area contributed by atoms with Crippen molar-refractivity contribution in [3.05, 3.63) is 130 Å². The van der Waals surface area contributed by atoms with Crippen molar-refractivity contribution in [3.63, 3.8) is 0 Å². The maximum absolute atomic E-state index is 12.7. The van der Waals surface area contributed by atoms with E-state index in [4.69, 9.17) is 21.1 Å². The highest BCUT2D eigenvalue weighted by molar-refractivity contribution is 8.00. The van der Waals surface area contributed by atoms with E-state index in [1.807, 2.05) is 96.8 Å². The number of rotatable bonds is 11. The average Bonchev–Trinajstić information content (AvgIpc) is 3.37. The lowest BCUT2D eigenvalue weighted by molar-refractivity contribution is -0.128. The van der Waals surface area contributed by atoms with Crippen LogP contribution in [0.1, 0.15) is 44.9 Å². The summed E-state index contributed by atoms with van der Waals surface area (Å²) in [6.07, 6.45) is 1.55. The lowest BCUT2D eigenvalue weighted by Gasteiger charge is -2.24. The summed E-state index contributed by atoms with van der Waals surface area (Å²) in [6.45, 7) is 3.27. The molecule has 4 aromatic rings. The van der Waals surface area contributed by atoms with Crippen LogP contribution in [0.3, 0.4) is 0 Å². The molecule has 1 heterocycles. The van der Waals surface area contributed by atoms with E-state index in [-0.39, 0.29) is 17.2 Å². The molecule has 0 bridgehead atoms. The summed E-state index contributed by atoms with van der Waals surface area (Å²) in [5.41, 5.74) is 6.80. The fraction of sp³-hybridized carbons (Fsp3) is 0.182. The molecule has 1 atom stereocenters. The summed E-state index contributed by atoms with van der Waals surface area (Å²) < 4.78 is 11.7. The molecule has 2 amide bonds. The highest BCUT2D eigenvalue weighted by Crippen LogP contribution is 2.39. The Morgan fingerprint density at radius 3 is 2.52 bits per heavy atom. The molecule has 0 spiro atoms. The van der Waals surface area contributed by atoms with Gasteiger partial charge in [0.1, 0.15) is 12.0 Å². The van der Waals surface area contributed by atoms with Crippen LogP contribution in [-0.4, -0.2) is 35.3 Å². The standard InChI is InChI=1S/C33H30ClN3O4S/c1-2-40-30-18-24(11-16-29(30)41-21-25-9-6-10-28(34)17-25)19-35-36-32(39)26-12-14-27(15-13-26)33-37(31(38)22-42-33)20-23-7-4-3-5-8-23/h3-19,33H,2,20-22H2,1H3,(H,36,39)/b35-19-/t33-/m1/s1. The van der Waals surface area contributed by atoms with E-state index in [0.717, 1.165) is 22.3 Å². The molecule has 42 heavy (non-hydrogen) atoms. The predicted octanol–water partition coefficient (Wildman–Crippen LogP) is 6.86. The minimum atomic E-state index is -0.333. The number of amides is 2. The Kier molecular flexibility index (Phi) is 9.79. The van der Waals surface area contributed by atoms with Crippen molar-refractivity contribution in [2.24, 2.45) is 5.10 Å². The molecule has 0 radical (unpaired) electrons. The number of nitrogens with one attached hydrogen (secondary N) is 1. The first-order chi connectivity index (χ1) is 20.5. The molecule has 1 fully saturated rings. The third kappa shape index (κ3) is 7.51. The molecule has 0 unspecified atom stereocenters. The lowest BCUT2D eigenvalue weighted by Crippen LogP contribution is -2.27. The Morgan fingerprint density at radius 2 is 1.76 bits per heavy atom. The van der Waals surface area contributed by atoms with Crippen molar-refractivity contribution in [3.8, 4) is 11.5 Å². The first-order valence-electron chi connectivity index (χ1n) is 13.5. The first-order valence-corrected chi connectivity index (χ1v) is 15.0. The molecule has 7 nitrogen and oxygen atoms in total. The zero-order chi connectivity index (χ0) is 29.3. The molecular formula is C33H30ClN3O4S. The molecule has 1 N–H and O–H groups in total. The van der Waals surface area contributed by atoms with Gasteiger partial charge in [0, 0.05) is 17.1 Å². The number of hydrogen-bond donors (Lipinski definition) is 1. The number of nitrogens with zero attached hydrogens (tertiary/aromatic N) is 2. The van der Waals surface area contributed by atoms with E-state index < -0.39 is 0 Å². The van der Waals surface area contributed by atoms with Gasteiger partial charge in [0.25, 0.3) is 5.91 Å². The number of benzene rings is 4. The van der Waals surface area contributed by atoms with Crippen LogP contribution >= 0.6 is 23.4 Å². The van der Waals surface area contributed by atoms with Gasteiger partial charge in [-0.1, -0.05) is 66.2 Å². The largest absolute Gasteiger partial charge is 0.490 e. The van der Waals surface area contributed by atoms with Gasteiger partial charge in [-0.3, -0.25) is 9.59 Å². The van der Waals surface area contributed by atoms with Crippen LogP contribution in [-0.2, 0) is 17.9 Å². The molecule has 214 valence electrons. The monoisotopic (exact) mass is 599 g/mol. The second-order valence-electron chi connectivity index (χ2n) is 9.55. The molecule has 1 saturated heterocycles. The highest BCUT2D eigenvalue weighted by Gasteiger charge is 2.32. The molecule has 0 aromatic heterocycles. The zero-order valence-electron chi connectivity index (χ0n) is 23.0. The fourth-order valence-corrected chi connectivity index (χ4v) is 5.89. The maximum atomic E-state index is 12.7. The number of hydrazone groups is 1. The van der Waals surface area contributed by atoms with Gasteiger partial charge in [0.2, 0.25) is 5.91 Å². The van der Waals surface area contributed by atoms with Gasteiger partial charge >= 0.3 is 0 Å². The summed E-state index contributed by atoms with van der Waals surface area (Å²) in [5, 5.41) is 4.69. The predicted molar refractivity (Wildman–Crippen MR) is 167 cm³/mol. The van der Waals surface area contributed by atoms with Crippen LogP contribution in [0.25, 0.3) is 0 Å². The van der Waals surface area contributed by atoms with E-state index in [1.54, 1.807) is 30.1 Å². The molecule has 0 aliphatic carbocycles. The second-order valence-corrected chi connectivity index (χ2v) is 11.1. The van der Waals surface area contributed by atoms with Crippen LogP contribution in [0.5, 0.6) is 11.5 Å².